The standard InChI is InChI=1S/C55H100N2O12/c1-12-13-14-15-16-17-18-19-20-21-22-23-24-25-30-53(69-40-50(11)68-39-49(10)67-38-48(9)65-36-45(6)62-33-42(3)59)54-56-52-29-27-26-28-51(52)55(60)57(54)31-43(4)63-34-46(7)66-37-47(8)64-35-44(5)61-32-41(2)58/h26-29,41-50,53,58-59H,12-25,30-40H2,1-11H3. The second-order valence-corrected chi connectivity index (χ2v) is 20.0. The molecule has 0 aliphatic rings. The van der Waals surface area contributed by atoms with Crippen molar-refractivity contribution in [3.8, 4) is 0 Å². The first-order valence-corrected chi connectivity index (χ1v) is 27.0. The average Bonchev–Trinajstić information content (AvgIpc) is 3.32. The second kappa shape index (κ2) is 38.5. The van der Waals surface area contributed by atoms with Crippen molar-refractivity contribution in [1.82, 2.24) is 9.55 Å². The molecule has 1 heterocycles. The molecule has 0 fully saturated rings. The highest BCUT2D eigenvalue weighted by molar-refractivity contribution is 5.77. The quantitative estimate of drug-likeness (QED) is 0.0605. The number of aliphatic hydroxyl groups is 2. The molecule has 69 heavy (non-hydrogen) atoms. The monoisotopic (exact) mass is 981 g/mol. The lowest BCUT2D eigenvalue weighted by molar-refractivity contribution is -0.101. The van der Waals surface area contributed by atoms with Gasteiger partial charge in [-0.1, -0.05) is 109 Å². The van der Waals surface area contributed by atoms with E-state index in [-0.39, 0.29) is 67.6 Å². The van der Waals surface area contributed by atoms with E-state index in [0.717, 1.165) is 19.3 Å². The average molecular weight is 981 g/mol. The molecular weight excluding hydrogens is 881 g/mol. The fourth-order valence-corrected chi connectivity index (χ4v) is 7.72. The van der Waals surface area contributed by atoms with Crippen LogP contribution in [0.15, 0.2) is 29.1 Å². The van der Waals surface area contributed by atoms with Gasteiger partial charge in [0.15, 0.2) is 0 Å². The number of nitrogens with zero attached hydrogens (tertiary/aromatic N) is 2. The zero-order valence-corrected chi connectivity index (χ0v) is 45.2. The van der Waals surface area contributed by atoms with Gasteiger partial charge in [-0.2, -0.15) is 0 Å². The van der Waals surface area contributed by atoms with E-state index in [2.05, 4.69) is 6.92 Å². The van der Waals surface area contributed by atoms with Crippen molar-refractivity contribution in [3.63, 3.8) is 0 Å². The molecule has 0 spiro atoms. The lowest BCUT2D eigenvalue weighted by atomic mass is 10.0. The van der Waals surface area contributed by atoms with Crippen molar-refractivity contribution in [1.29, 1.82) is 0 Å². The number of hydrogen-bond donors (Lipinski definition) is 2. The van der Waals surface area contributed by atoms with Crippen LogP contribution < -0.4 is 5.56 Å². The van der Waals surface area contributed by atoms with Gasteiger partial charge in [0.1, 0.15) is 11.9 Å². The normalized spacial score (nSPS) is 17.0. The highest BCUT2D eigenvalue weighted by Crippen LogP contribution is 2.26. The number of rotatable bonds is 45. The Labute approximate surface area is 418 Å². The Balaban J connectivity index is 2.06. The van der Waals surface area contributed by atoms with Crippen molar-refractivity contribution in [2.75, 3.05) is 59.5 Å². The van der Waals surface area contributed by atoms with Crippen LogP contribution in [0.1, 0.15) is 184 Å². The van der Waals surface area contributed by atoms with Crippen molar-refractivity contribution in [3.05, 3.63) is 40.4 Å². The molecule has 2 aromatic rings. The number of fused-ring (bicyclic) bond motifs is 1. The first-order chi connectivity index (χ1) is 33.1. The number of benzene rings is 1. The molecule has 0 bridgehead atoms. The number of unbranched alkanes of at least 4 members (excludes halogenated alkanes) is 13. The van der Waals surface area contributed by atoms with Gasteiger partial charge in [-0.3, -0.25) is 9.36 Å². The predicted molar refractivity (Wildman–Crippen MR) is 276 cm³/mol. The molecule has 2 N–H and O–H groups in total. The molecule has 2 rings (SSSR count). The minimum absolute atomic E-state index is 0.113. The number of para-hydroxylation sites is 1. The number of aromatic nitrogens is 2. The molecule has 11 unspecified atom stereocenters. The van der Waals surface area contributed by atoms with Gasteiger partial charge in [0.2, 0.25) is 0 Å². The summed E-state index contributed by atoms with van der Waals surface area (Å²) in [7, 11) is 0. The maximum Gasteiger partial charge on any atom is 0.261 e. The molecule has 0 aliphatic heterocycles. The maximum absolute atomic E-state index is 14.3. The van der Waals surface area contributed by atoms with Crippen molar-refractivity contribution >= 4 is 10.9 Å². The van der Waals surface area contributed by atoms with Gasteiger partial charge >= 0.3 is 0 Å². The maximum atomic E-state index is 14.3. The van der Waals surface area contributed by atoms with E-state index in [9.17, 15) is 15.0 Å². The summed E-state index contributed by atoms with van der Waals surface area (Å²) in [6.07, 6.45) is 15.7. The van der Waals surface area contributed by atoms with Gasteiger partial charge in [-0.25, -0.2) is 4.98 Å². The predicted octanol–water partition coefficient (Wildman–Crippen LogP) is 10.3. The summed E-state index contributed by atoms with van der Waals surface area (Å²) >= 11 is 0. The SMILES string of the molecule is CCCCCCCCCCCCCCCCC(OCC(C)OCC(C)OCC(C)OCC(C)OCC(C)O)c1nc2ccccc2c(=O)n1CC(C)OCC(C)OCC(C)OCC(C)OCC(C)O. The van der Waals surface area contributed by atoms with Crippen LogP contribution >= 0.6 is 0 Å². The van der Waals surface area contributed by atoms with Crippen molar-refractivity contribution in [2.24, 2.45) is 0 Å². The highest BCUT2D eigenvalue weighted by atomic mass is 16.6. The largest absolute Gasteiger partial charge is 0.391 e. The first kappa shape index (κ1) is 63.0. The molecule has 14 nitrogen and oxygen atoms in total. The third-order valence-electron chi connectivity index (χ3n) is 11.9. The number of hydrogen-bond acceptors (Lipinski definition) is 13. The number of aliphatic hydroxyl groups excluding tert-OH is 2. The van der Waals surface area contributed by atoms with Crippen molar-refractivity contribution in [2.45, 2.75) is 246 Å². The van der Waals surface area contributed by atoms with Crippen LogP contribution in [0.2, 0.25) is 0 Å². The molecule has 0 radical (unpaired) electrons. The van der Waals surface area contributed by atoms with Crippen LogP contribution in [-0.4, -0.2) is 140 Å². The minimum Gasteiger partial charge on any atom is -0.391 e. The van der Waals surface area contributed by atoms with Gasteiger partial charge < -0.3 is 52.8 Å². The van der Waals surface area contributed by atoms with Crippen LogP contribution in [0, 0.1) is 0 Å². The molecule has 0 aliphatic carbocycles. The fraction of sp³-hybridized carbons (Fsp3) is 0.855. The summed E-state index contributed by atoms with van der Waals surface area (Å²) in [5, 5.41) is 19.5. The number of ether oxygens (including phenoxy) is 9. The lowest BCUT2D eigenvalue weighted by Crippen LogP contribution is -2.34. The van der Waals surface area contributed by atoms with Gasteiger partial charge in [-0.05, 0) is 87.8 Å². The van der Waals surface area contributed by atoms with Crippen LogP contribution in [0.5, 0.6) is 0 Å². The van der Waals surface area contributed by atoms with Gasteiger partial charge in [0.05, 0.1) is 138 Å². The highest BCUT2D eigenvalue weighted by Gasteiger charge is 2.24. The topological polar surface area (TPSA) is 158 Å². The van der Waals surface area contributed by atoms with Crippen LogP contribution in [0.25, 0.3) is 10.9 Å². The Morgan fingerprint density at radius 2 is 0.783 bits per heavy atom. The smallest absolute Gasteiger partial charge is 0.261 e. The van der Waals surface area contributed by atoms with E-state index in [1.807, 2.05) is 79.7 Å². The fourth-order valence-electron chi connectivity index (χ4n) is 7.72. The lowest BCUT2D eigenvalue weighted by Gasteiger charge is -2.26. The second-order valence-electron chi connectivity index (χ2n) is 20.0. The van der Waals surface area contributed by atoms with E-state index in [0.29, 0.717) is 69.5 Å². The Bertz CT molecular complexity index is 1600. The summed E-state index contributed by atoms with van der Waals surface area (Å²) in [4.78, 5) is 19.5. The molecule has 402 valence electrons. The summed E-state index contributed by atoms with van der Waals surface area (Å²) in [5.74, 6) is 0.606. The summed E-state index contributed by atoms with van der Waals surface area (Å²) < 4.78 is 56.1. The minimum atomic E-state index is -0.519. The van der Waals surface area contributed by atoms with Crippen LogP contribution in [0.3, 0.4) is 0 Å². The summed E-state index contributed by atoms with van der Waals surface area (Å²) in [6.45, 7) is 24.9. The Kier molecular flexibility index (Phi) is 35.2. The molecule has 14 heteroatoms. The molecule has 1 aromatic carbocycles. The Hall–Kier alpha value is -2.08. The zero-order chi connectivity index (χ0) is 50.8. The summed E-state index contributed by atoms with van der Waals surface area (Å²) in [6, 6.07) is 7.52. The van der Waals surface area contributed by atoms with Gasteiger partial charge in [-0.15, -0.1) is 0 Å². The molecule has 1 aromatic heterocycles. The molecule has 0 saturated heterocycles. The van der Waals surface area contributed by atoms with Gasteiger partial charge in [0.25, 0.3) is 5.56 Å². The van der Waals surface area contributed by atoms with E-state index < -0.39 is 18.3 Å². The van der Waals surface area contributed by atoms with Crippen LogP contribution in [0.4, 0.5) is 0 Å². The molecular formula is C55H100N2O12. The van der Waals surface area contributed by atoms with Crippen molar-refractivity contribution < 1.29 is 52.8 Å². The van der Waals surface area contributed by atoms with Crippen LogP contribution in [-0.2, 0) is 49.2 Å². The first-order valence-electron chi connectivity index (χ1n) is 27.0. The summed E-state index contributed by atoms with van der Waals surface area (Å²) in [5.41, 5.74) is 0.534. The van der Waals surface area contributed by atoms with E-state index >= 15 is 0 Å². The zero-order valence-electron chi connectivity index (χ0n) is 45.2. The van der Waals surface area contributed by atoms with E-state index in [1.165, 1.54) is 77.0 Å². The molecule has 11 atom stereocenters. The molecule has 0 saturated carbocycles. The third kappa shape index (κ3) is 30.5. The van der Waals surface area contributed by atoms with E-state index in [1.54, 1.807) is 18.4 Å². The Morgan fingerprint density at radius 3 is 1.17 bits per heavy atom. The van der Waals surface area contributed by atoms with E-state index in [4.69, 9.17) is 47.6 Å². The van der Waals surface area contributed by atoms with Gasteiger partial charge in [0, 0.05) is 0 Å². The Morgan fingerprint density at radius 1 is 0.449 bits per heavy atom. The molecule has 0 amide bonds. The third-order valence-corrected chi connectivity index (χ3v) is 11.9.